The minimum atomic E-state index is -0.460. The summed E-state index contributed by atoms with van der Waals surface area (Å²) >= 11 is 6.07. The molecule has 0 spiro atoms. The Labute approximate surface area is 178 Å². The fraction of sp³-hybridized carbons (Fsp3) is 0.250. The lowest BCUT2D eigenvalue weighted by atomic mass is 10.2. The monoisotopic (exact) mass is 425 g/mol. The number of hydrogen-bond donors (Lipinski definition) is 1. The molecule has 0 radical (unpaired) electrons. The lowest BCUT2D eigenvalue weighted by Gasteiger charge is -2.35. The number of anilines is 3. The summed E-state index contributed by atoms with van der Waals surface area (Å²) in [5.74, 6) is 0.392. The van der Waals surface area contributed by atoms with Crippen LogP contribution in [0.15, 0.2) is 55.0 Å². The van der Waals surface area contributed by atoms with E-state index in [-0.39, 0.29) is 16.7 Å². The van der Waals surface area contributed by atoms with Gasteiger partial charge in [-0.1, -0.05) is 41.9 Å². The van der Waals surface area contributed by atoms with Crippen molar-refractivity contribution in [2.75, 3.05) is 36.4 Å². The number of aromatic nitrogens is 3. The molecule has 3 aromatic rings. The van der Waals surface area contributed by atoms with Crippen molar-refractivity contribution in [1.29, 1.82) is 0 Å². The Balaban J connectivity index is 1.52. The number of benzene rings is 1. The van der Waals surface area contributed by atoms with E-state index in [9.17, 15) is 10.1 Å². The van der Waals surface area contributed by atoms with E-state index in [1.165, 1.54) is 11.9 Å². The smallest absolute Gasteiger partial charge is 0.348 e. The maximum absolute atomic E-state index is 11.9. The van der Waals surface area contributed by atoms with Crippen molar-refractivity contribution in [3.63, 3.8) is 0 Å². The summed E-state index contributed by atoms with van der Waals surface area (Å²) in [5, 5.41) is 15.0. The molecule has 154 valence electrons. The van der Waals surface area contributed by atoms with Gasteiger partial charge in [-0.05, 0) is 17.7 Å². The first kappa shape index (κ1) is 20.0. The summed E-state index contributed by atoms with van der Waals surface area (Å²) in [7, 11) is 0. The molecule has 2 aromatic heterocycles. The molecule has 10 heteroatoms. The van der Waals surface area contributed by atoms with Crippen LogP contribution in [0.4, 0.5) is 23.0 Å². The first-order valence-corrected chi connectivity index (χ1v) is 9.88. The first-order valence-electron chi connectivity index (χ1n) is 9.50. The molecule has 1 aromatic carbocycles. The lowest BCUT2D eigenvalue weighted by molar-refractivity contribution is -0.383. The Hall–Kier alpha value is -3.30. The highest BCUT2D eigenvalue weighted by Gasteiger charge is 2.29. The summed E-state index contributed by atoms with van der Waals surface area (Å²) in [6, 6.07) is 13.6. The molecule has 1 saturated heterocycles. The van der Waals surface area contributed by atoms with Gasteiger partial charge in [0.15, 0.2) is 5.15 Å². The lowest BCUT2D eigenvalue weighted by Crippen LogP contribution is -2.46. The van der Waals surface area contributed by atoms with Crippen molar-refractivity contribution in [1.82, 2.24) is 19.9 Å². The summed E-state index contributed by atoms with van der Waals surface area (Å²) in [5.41, 5.74) is 1.52. The second-order valence-electron chi connectivity index (χ2n) is 6.87. The van der Waals surface area contributed by atoms with E-state index in [1.54, 1.807) is 18.3 Å². The van der Waals surface area contributed by atoms with E-state index in [0.29, 0.717) is 24.6 Å². The molecule has 0 amide bonds. The van der Waals surface area contributed by atoms with E-state index in [4.69, 9.17) is 11.6 Å². The van der Waals surface area contributed by atoms with Crippen LogP contribution in [-0.4, -0.2) is 51.0 Å². The third kappa shape index (κ3) is 4.47. The van der Waals surface area contributed by atoms with Crippen LogP contribution in [0.25, 0.3) is 0 Å². The molecule has 0 atom stereocenters. The van der Waals surface area contributed by atoms with Gasteiger partial charge in [0.2, 0.25) is 11.6 Å². The van der Waals surface area contributed by atoms with Gasteiger partial charge < -0.3 is 10.2 Å². The van der Waals surface area contributed by atoms with E-state index in [1.807, 2.05) is 23.1 Å². The standard InChI is InChI=1S/C20H20ClN7O2/c21-18-16(7-4-8-22-18)25-19-17(28(29)30)20(24-14-23-19)27-11-9-26(10-12-27)13-15-5-2-1-3-6-15/h1-8,14H,9-13H2,(H,23,24,25). The summed E-state index contributed by atoms with van der Waals surface area (Å²) in [6.07, 6.45) is 2.87. The van der Waals surface area contributed by atoms with Gasteiger partial charge in [-0.3, -0.25) is 15.0 Å². The highest BCUT2D eigenvalue weighted by atomic mass is 35.5. The van der Waals surface area contributed by atoms with Gasteiger partial charge in [0.05, 0.1) is 10.6 Å². The van der Waals surface area contributed by atoms with E-state index < -0.39 is 4.92 Å². The maximum atomic E-state index is 11.9. The first-order chi connectivity index (χ1) is 14.6. The molecule has 0 bridgehead atoms. The summed E-state index contributed by atoms with van der Waals surface area (Å²) in [4.78, 5) is 27.9. The minimum absolute atomic E-state index is 0.0895. The van der Waals surface area contributed by atoms with Crippen LogP contribution < -0.4 is 10.2 Å². The van der Waals surface area contributed by atoms with Crippen molar-refractivity contribution in [2.45, 2.75) is 6.54 Å². The van der Waals surface area contributed by atoms with Crippen LogP contribution in [0.5, 0.6) is 0 Å². The Morgan fingerprint density at radius 1 is 1.03 bits per heavy atom. The number of nitrogens with zero attached hydrogens (tertiary/aromatic N) is 6. The van der Waals surface area contributed by atoms with Crippen molar-refractivity contribution in [2.24, 2.45) is 0 Å². The number of rotatable bonds is 6. The van der Waals surface area contributed by atoms with Crippen molar-refractivity contribution >= 4 is 34.6 Å². The molecule has 3 heterocycles. The number of halogens is 1. The molecule has 0 aliphatic carbocycles. The van der Waals surface area contributed by atoms with Gasteiger partial charge >= 0.3 is 5.69 Å². The van der Waals surface area contributed by atoms with Crippen molar-refractivity contribution in [3.8, 4) is 0 Å². The number of nitro groups is 1. The fourth-order valence-electron chi connectivity index (χ4n) is 3.43. The molecule has 1 N–H and O–H groups in total. The third-order valence-electron chi connectivity index (χ3n) is 4.92. The van der Waals surface area contributed by atoms with Gasteiger partial charge in [-0.15, -0.1) is 0 Å². The van der Waals surface area contributed by atoms with Crippen molar-refractivity contribution < 1.29 is 4.92 Å². The summed E-state index contributed by atoms with van der Waals surface area (Å²) < 4.78 is 0. The van der Waals surface area contributed by atoms with Crippen LogP contribution in [0.3, 0.4) is 0 Å². The zero-order valence-electron chi connectivity index (χ0n) is 16.1. The minimum Gasteiger partial charge on any atom is -0.348 e. The van der Waals surface area contributed by atoms with Crippen LogP contribution in [-0.2, 0) is 6.54 Å². The molecule has 1 fully saturated rings. The van der Waals surface area contributed by atoms with E-state index in [0.717, 1.165) is 19.6 Å². The van der Waals surface area contributed by atoms with Gasteiger partial charge in [0.1, 0.15) is 6.33 Å². The second-order valence-corrected chi connectivity index (χ2v) is 7.23. The summed E-state index contributed by atoms with van der Waals surface area (Å²) in [6.45, 7) is 3.70. The Morgan fingerprint density at radius 2 is 1.80 bits per heavy atom. The third-order valence-corrected chi connectivity index (χ3v) is 5.22. The topological polar surface area (TPSA) is 100 Å². The van der Waals surface area contributed by atoms with Crippen LogP contribution in [0, 0.1) is 10.1 Å². The average molecular weight is 426 g/mol. The zero-order valence-corrected chi connectivity index (χ0v) is 16.9. The fourth-order valence-corrected chi connectivity index (χ4v) is 3.59. The maximum Gasteiger partial charge on any atom is 0.353 e. The molecule has 30 heavy (non-hydrogen) atoms. The predicted octanol–water partition coefficient (Wildman–Crippen LogP) is 3.50. The SMILES string of the molecule is O=[N+]([O-])c1c(Nc2cccnc2Cl)ncnc1N1CCN(Cc2ccccc2)CC1. The van der Waals surface area contributed by atoms with E-state index in [2.05, 4.69) is 37.3 Å². The predicted molar refractivity (Wildman–Crippen MR) is 115 cm³/mol. The van der Waals surface area contributed by atoms with E-state index >= 15 is 0 Å². The molecule has 1 aliphatic heterocycles. The molecule has 4 rings (SSSR count). The molecule has 0 unspecified atom stereocenters. The van der Waals surface area contributed by atoms with Crippen LogP contribution in [0.2, 0.25) is 5.15 Å². The highest BCUT2D eigenvalue weighted by Crippen LogP contribution is 2.35. The molecular formula is C20H20ClN7O2. The van der Waals surface area contributed by atoms with Gasteiger partial charge in [-0.25, -0.2) is 15.0 Å². The highest BCUT2D eigenvalue weighted by molar-refractivity contribution is 6.32. The number of hydrogen-bond acceptors (Lipinski definition) is 8. The molecular weight excluding hydrogens is 406 g/mol. The molecule has 1 aliphatic rings. The van der Waals surface area contributed by atoms with Crippen LogP contribution >= 0.6 is 11.6 Å². The zero-order chi connectivity index (χ0) is 20.9. The molecule has 0 saturated carbocycles. The normalized spacial score (nSPS) is 14.5. The number of pyridine rings is 1. The quantitative estimate of drug-likeness (QED) is 0.364. The van der Waals surface area contributed by atoms with Crippen LogP contribution in [0.1, 0.15) is 5.56 Å². The Morgan fingerprint density at radius 3 is 2.50 bits per heavy atom. The second kappa shape index (κ2) is 9.02. The van der Waals surface area contributed by atoms with Gasteiger partial charge in [0, 0.05) is 38.9 Å². The average Bonchev–Trinajstić information content (AvgIpc) is 2.76. The van der Waals surface area contributed by atoms with Gasteiger partial charge in [-0.2, -0.15) is 0 Å². The number of nitrogens with one attached hydrogen (secondary N) is 1. The largest absolute Gasteiger partial charge is 0.353 e. The van der Waals surface area contributed by atoms with Gasteiger partial charge in [0.25, 0.3) is 0 Å². The number of piperazine rings is 1. The molecule has 9 nitrogen and oxygen atoms in total. The van der Waals surface area contributed by atoms with Crippen molar-refractivity contribution in [3.05, 3.63) is 75.8 Å². The Kier molecular flexibility index (Phi) is 6.01. The Bertz CT molecular complexity index is 1030.